The normalized spacial score (nSPS) is 25.8. The number of rotatable bonds is 3. The van der Waals surface area contributed by atoms with E-state index in [-0.39, 0.29) is 17.7 Å². The predicted molar refractivity (Wildman–Crippen MR) is 97.3 cm³/mol. The van der Waals surface area contributed by atoms with Gasteiger partial charge in [-0.25, -0.2) is 9.97 Å². The number of hydrogen-bond donors (Lipinski definition) is 1. The lowest BCUT2D eigenvalue weighted by atomic mass is 9.75. The zero-order valence-corrected chi connectivity index (χ0v) is 15.0. The van der Waals surface area contributed by atoms with Crippen LogP contribution in [0.3, 0.4) is 0 Å². The number of aromatic amines is 1. The molecular weight excluding hydrogens is 348 g/mol. The van der Waals surface area contributed by atoms with Crippen LogP contribution in [0.5, 0.6) is 0 Å². The summed E-state index contributed by atoms with van der Waals surface area (Å²) in [5, 5.41) is 16.6. The first-order valence-electron chi connectivity index (χ1n) is 8.61. The summed E-state index contributed by atoms with van der Waals surface area (Å²) >= 11 is 1.47. The summed E-state index contributed by atoms with van der Waals surface area (Å²) in [4.78, 5) is 24.2. The molecule has 2 atom stereocenters. The minimum absolute atomic E-state index is 0.0187. The number of aromatic nitrogens is 4. The second-order valence-corrected chi connectivity index (χ2v) is 7.95. The Morgan fingerprint density at radius 2 is 2.31 bits per heavy atom. The van der Waals surface area contributed by atoms with E-state index in [1.54, 1.807) is 22.8 Å². The van der Waals surface area contributed by atoms with Crippen molar-refractivity contribution in [1.82, 2.24) is 20.2 Å². The minimum Gasteiger partial charge on any atom is -0.294 e. The van der Waals surface area contributed by atoms with Gasteiger partial charge >= 0.3 is 0 Å². The Labute approximate surface area is 153 Å². The van der Waals surface area contributed by atoms with Crippen LogP contribution >= 0.6 is 11.3 Å². The van der Waals surface area contributed by atoms with Gasteiger partial charge in [-0.05, 0) is 24.8 Å². The minimum atomic E-state index is -0.912. The molecule has 130 valence electrons. The Morgan fingerprint density at radius 1 is 1.46 bits per heavy atom. The number of carbonyl (C=O) groups excluding carboxylic acids is 1. The van der Waals surface area contributed by atoms with Crippen LogP contribution in [0, 0.1) is 28.6 Å². The van der Waals surface area contributed by atoms with Crippen molar-refractivity contribution in [3.05, 3.63) is 24.0 Å². The first-order valence-corrected chi connectivity index (χ1v) is 9.49. The van der Waals surface area contributed by atoms with Gasteiger partial charge in [0, 0.05) is 24.2 Å². The van der Waals surface area contributed by atoms with Crippen LogP contribution in [0.4, 0.5) is 5.82 Å². The quantitative estimate of drug-likeness (QED) is 0.770. The molecule has 2 fully saturated rings. The highest BCUT2D eigenvalue weighted by Crippen LogP contribution is 2.54. The molecule has 1 aliphatic heterocycles. The summed E-state index contributed by atoms with van der Waals surface area (Å²) < 4.78 is 0.877. The number of nitriles is 1. The second kappa shape index (κ2) is 5.35. The third kappa shape index (κ3) is 1.98. The molecule has 8 heteroatoms. The maximum absolute atomic E-state index is 13.3. The number of carbonyl (C=O) groups is 1. The van der Waals surface area contributed by atoms with Gasteiger partial charge < -0.3 is 0 Å². The maximum Gasteiger partial charge on any atom is 0.249 e. The van der Waals surface area contributed by atoms with Crippen molar-refractivity contribution < 1.29 is 4.79 Å². The van der Waals surface area contributed by atoms with E-state index in [1.807, 2.05) is 13.0 Å². The van der Waals surface area contributed by atoms with Crippen LogP contribution < -0.4 is 4.90 Å². The van der Waals surface area contributed by atoms with Gasteiger partial charge in [0.1, 0.15) is 5.41 Å². The molecule has 7 nitrogen and oxygen atoms in total. The molecule has 0 bridgehead atoms. The van der Waals surface area contributed by atoms with Crippen molar-refractivity contribution >= 4 is 33.3 Å². The van der Waals surface area contributed by atoms with E-state index in [0.717, 1.165) is 28.6 Å². The first kappa shape index (κ1) is 15.5. The molecule has 0 spiro atoms. The van der Waals surface area contributed by atoms with E-state index in [1.165, 1.54) is 11.3 Å². The van der Waals surface area contributed by atoms with Crippen molar-refractivity contribution in [3.8, 4) is 17.3 Å². The van der Waals surface area contributed by atoms with Crippen LogP contribution in [0.15, 0.2) is 24.0 Å². The number of hydrogen-bond acceptors (Lipinski definition) is 6. The van der Waals surface area contributed by atoms with Crippen molar-refractivity contribution in [2.24, 2.45) is 17.3 Å². The third-order valence-electron chi connectivity index (χ3n) is 5.59. The topological polar surface area (TPSA) is 98.6 Å². The zero-order chi connectivity index (χ0) is 17.9. The summed E-state index contributed by atoms with van der Waals surface area (Å²) in [6.45, 7) is 2.51. The molecule has 3 aromatic rings. The lowest BCUT2D eigenvalue weighted by molar-refractivity contribution is -0.124. The monoisotopic (exact) mass is 364 g/mol. The van der Waals surface area contributed by atoms with Crippen molar-refractivity contribution in [2.75, 3.05) is 11.4 Å². The summed E-state index contributed by atoms with van der Waals surface area (Å²) in [5.41, 5.74) is 3.21. The molecule has 1 amide bonds. The van der Waals surface area contributed by atoms with Gasteiger partial charge in [0.05, 0.1) is 33.7 Å². The van der Waals surface area contributed by atoms with Crippen LogP contribution in [-0.4, -0.2) is 32.6 Å². The maximum atomic E-state index is 13.3. The fourth-order valence-corrected chi connectivity index (χ4v) is 4.82. The van der Waals surface area contributed by atoms with E-state index < -0.39 is 5.41 Å². The molecule has 1 aliphatic carbocycles. The SMILES string of the molecule is C[C@@H]1CN(c2nc(-c3cn[nH]c3)cc3ncsc23)C(=O)[C@]1(C#N)C1CC1. The van der Waals surface area contributed by atoms with Crippen LogP contribution in [-0.2, 0) is 4.79 Å². The van der Waals surface area contributed by atoms with Crippen LogP contribution in [0.2, 0.25) is 0 Å². The predicted octanol–water partition coefficient (Wildman–Crippen LogP) is 2.98. The molecule has 5 rings (SSSR count). The van der Waals surface area contributed by atoms with Gasteiger partial charge in [0.25, 0.3) is 0 Å². The van der Waals surface area contributed by atoms with Crippen molar-refractivity contribution in [3.63, 3.8) is 0 Å². The number of fused-ring (bicyclic) bond motifs is 1. The molecule has 0 radical (unpaired) electrons. The molecule has 3 aromatic heterocycles. The highest BCUT2D eigenvalue weighted by Gasteiger charge is 2.61. The van der Waals surface area contributed by atoms with Gasteiger partial charge in [-0.3, -0.25) is 14.8 Å². The summed E-state index contributed by atoms with van der Waals surface area (Å²) in [5.74, 6) is 0.654. The van der Waals surface area contributed by atoms with Crippen LogP contribution in [0.25, 0.3) is 21.5 Å². The fourth-order valence-electron chi connectivity index (χ4n) is 4.06. The lowest BCUT2D eigenvalue weighted by Crippen LogP contribution is -2.37. The summed E-state index contributed by atoms with van der Waals surface area (Å²) in [6, 6.07) is 4.28. The molecule has 1 saturated heterocycles. The highest BCUT2D eigenvalue weighted by atomic mass is 32.1. The number of nitrogens with zero attached hydrogens (tertiary/aromatic N) is 5. The number of anilines is 1. The number of pyridine rings is 1. The molecule has 0 aromatic carbocycles. The number of nitrogens with one attached hydrogen (secondary N) is 1. The van der Waals surface area contributed by atoms with Gasteiger partial charge in [-0.2, -0.15) is 10.4 Å². The Bertz CT molecular complexity index is 1050. The number of thiazole rings is 1. The molecule has 26 heavy (non-hydrogen) atoms. The molecule has 2 aliphatic rings. The molecule has 1 saturated carbocycles. The Kier molecular flexibility index (Phi) is 3.18. The smallest absolute Gasteiger partial charge is 0.249 e. The van der Waals surface area contributed by atoms with Crippen LogP contribution in [0.1, 0.15) is 19.8 Å². The zero-order valence-electron chi connectivity index (χ0n) is 14.1. The Hall–Kier alpha value is -2.79. The van der Waals surface area contributed by atoms with Gasteiger partial charge in [0.2, 0.25) is 5.91 Å². The van der Waals surface area contributed by atoms with E-state index in [2.05, 4.69) is 21.3 Å². The Morgan fingerprint density at radius 3 is 3.00 bits per heavy atom. The van der Waals surface area contributed by atoms with Gasteiger partial charge in [0.15, 0.2) is 5.82 Å². The molecule has 1 N–H and O–H groups in total. The van der Waals surface area contributed by atoms with E-state index in [0.29, 0.717) is 18.1 Å². The van der Waals surface area contributed by atoms with Crippen molar-refractivity contribution in [1.29, 1.82) is 5.26 Å². The second-order valence-electron chi connectivity index (χ2n) is 7.09. The first-order chi connectivity index (χ1) is 12.6. The van der Waals surface area contributed by atoms with E-state index in [4.69, 9.17) is 4.98 Å². The van der Waals surface area contributed by atoms with Crippen molar-refractivity contribution in [2.45, 2.75) is 19.8 Å². The van der Waals surface area contributed by atoms with E-state index >= 15 is 0 Å². The average Bonchev–Trinajstić information content (AvgIpc) is 3.09. The van der Waals surface area contributed by atoms with Gasteiger partial charge in [-0.1, -0.05) is 6.92 Å². The summed E-state index contributed by atoms with van der Waals surface area (Å²) in [6.07, 6.45) is 5.37. The number of amides is 1. The lowest BCUT2D eigenvalue weighted by Gasteiger charge is -2.22. The third-order valence-corrected chi connectivity index (χ3v) is 6.42. The van der Waals surface area contributed by atoms with Gasteiger partial charge in [-0.15, -0.1) is 11.3 Å². The summed E-state index contributed by atoms with van der Waals surface area (Å²) in [7, 11) is 0. The number of H-pyrrole nitrogens is 1. The van der Waals surface area contributed by atoms with E-state index in [9.17, 15) is 10.1 Å². The molecular formula is C18H16N6OS. The largest absolute Gasteiger partial charge is 0.294 e. The fraction of sp³-hybridized carbons (Fsp3) is 0.389. The average molecular weight is 364 g/mol. The molecule has 4 heterocycles. The highest BCUT2D eigenvalue weighted by molar-refractivity contribution is 7.17. The molecule has 0 unspecified atom stereocenters. The Balaban J connectivity index is 1.67. The standard InChI is InChI=1S/C18H16N6OS/c1-10-7-24(17(25)18(10,8-19)12-2-3-12)16-15-14(20-9-26-15)4-13(23-16)11-5-21-22-6-11/h4-6,9-10,12H,2-3,7H2,1H3,(H,21,22)/t10-,18+/m1/s1.